The summed E-state index contributed by atoms with van der Waals surface area (Å²) >= 11 is 5.41. The molecule has 1 N–H and O–H groups in total. The fraction of sp³-hybridized carbons (Fsp3) is 0.286. The summed E-state index contributed by atoms with van der Waals surface area (Å²) in [6.07, 6.45) is 0. The van der Waals surface area contributed by atoms with Gasteiger partial charge in [0.25, 0.3) is 0 Å². The number of imidazole rings is 1. The smallest absolute Gasteiger partial charge is 0.178 e. The normalized spacial score (nSPS) is 11.3. The molecule has 0 aliphatic rings. The van der Waals surface area contributed by atoms with Crippen LogP contribution in [0.3, 0.4) is 0 Å². The van der Waals surface area contributed by atoms with Crippen molar-refractivity contribution < 1.29 is 4.52 Å². The largest absolute Gasteiger partial charge is 0.361 e. The molecule has 3 aromatic rings. The summed E-state index contributed by atoms with van der Waals surface area (Å²) < 4.78 is 8.01. The molecule has 5 heteroatoms. The molecular weight excluding hydrogens is 258 g/mol. The second-order valence-electron chi connectivity index (χ2n) is 4.84. The number of nitrogens with zero attached hydrogens (tertiary/aromatic N) is 2. The summed E-state index contributed by atoms with van der Waals surface area (Å²) in [5.74, 6) is 0.848. The van der Waals surface area contributed by atoms with Crippen molar-refractivity contribution in [1.82, 2.24) is 14.7 Å². The number of aromatic nitrogens is 3. The third-order valence-electron chi connectivity index (χ3n) is 3.43. The molecule has 0 aliphatic carbocycles. The van der Waals surface area contributed by atoms with Gasteiger partial charge in [-0.25, -0.2) is 0 Å². The molecule has 0 bridgehead atoms. The van der Waals surface area contributed by atoms with E-state index < -0.39 is 0 Å². The Bertz CT molecular complexity index is 790. The first kappa shape index (κ1) is 12.2. The van der Waals surface area contributed by atoms with E-state index in [0.29, 0.717) is 6.54 Å². The van der Waals surface area contributed by atoms with E-state index >= 15 is 0 Å². The van der Waals surface area contributed by atoms with Crippen molar-refractivity contribution in [3.05, 3.63) is 45.6 Å². The van der Waals surface area contributed by atoms with Crippen LogP contribution in [0, 0.1) is 25.5 Å². The second-order valence-corrected chi connectivity index (χ2v) is 5.23. The average Bonchev–Trinajstić information content (AvgIpc) is 2.83. The van der Waals surface area contributed by atoms with Crippen LogP contribution in [-0.2, 0) is 6.54 Å². The van der Waals surface area contributed by atoms with Crippen LogP contribution in [0.4, 0.5) is 0 Å². The molecule has 2 heterocycles. The lowest BCUT2D eigenvalue weighted by atomic mass is 10.2. The van der Waals surface area contributed by atoms with Crippen LogP contribution in [0.1, 0.15) is 22.6 Å². The predicted molar refractivity (Wildman–Crippen MR) is 76.9 cm³/mol. The lowest BCUT2D eigenvalue weighted by Crippen LogP contribution is -2.01. The Labute approximate surface area is 116 Å². The molecule has 0 saturated carbocycles. The quantitative estimate of drug-likeness (QED) is 0.725. The Hall–Kier alpha value is -1.88. The highest BCUT2D eigenvalue weighted by atomic mass is 32.1. The standard InChI is InChI=1S/C14H15N3OS/c1-8-4-5-13-12(6-8)15-14(19)17(13)7-11-9(2)16-18-10(11)3/h4-6H,7H2,1-3H3,(H,15,19). The first-order chi connectivity index (χ1) is 9.06. The fourth-order valence-corrected chi connectivity index (χ4v) is 2.59. The van der Waals surface area contributed by atoms with Gasteiger partial charge in [0, 0.05) is 5.56 Å². The molecule has 0 aliphatic heterocycles. The molecule has 19 heavy (non-hydrogen) atoms. The SMILES string of the molecule is Cc1ccc2c(c1)[nH]c(=S)n2Cc1c(C)noc1C. The summed E-state index contributed by atoms with van der Waals surface area (Å²) in [7, 11) is 0. The zero-order chi connectivity index (χ0) is 13.6. The van der Waals surface area contributed by atoms with Gasteiger partial charge in [0.15, 0.2) is 4.77 Å². The van der Waals surface area contributed by atoms with Crippen molar-refractivity contribution in [3.63, 3.8) is 0 Å². The molecular formula is C14H15N3OS. The van der Waals surface area contributed by atoms with Crippen molar-refractivity contribution in [3.8, 4) is 0 Å². The highest BCUT2D eigenvalue weighted by Gasteiger charge is 2.12. The molecule has 0 fully saturated rings. The third kappa shape index (κ3) is 2.00. The molecule has 0 spiro atoms. The van der Waals surface area contributed by atoms with Gasteiger partial charge in [0.05, 0.1) is 23.3 Å². The number of H-pyrrole nitrogens is 1. The molecule has 4 nitrogen and oxygen atoms in total. The van der Waals surface area contributed by atoms with Crippen LogP contribution in [-0.4, -0.2) is 14.7 Å². The second kappa shape index (κ2) is 4.35. The van der Waals surface area contributed by atoms with Gasteiger partial charge in [-0.15, -0.1) is 0 Å². The highest BCUT2D eigenvalue weighted by Crippen LogP contribution is 2.20. The van der Waals surface area contributed by atoms with Gasteiger partial charge in [-0.2, -0.15) is 0 Å². The summed E-state index contributed by atoms with van der Waals surface area (Å²) in [6, 6.07) is 6.29. The summed E-state index contributed by atoms with van der Waals surface area (Å²) in [6.45, 7) is 6.64. The van der Waals surface area contributed by atoms with Gasteiger partial charge in [0.2, 0.25) is 0 Å². The Morgan fingerprint density at radius 3 is 2.79 bits per heavy atom. The van der Waals surface area contributed by atoms with E-state index in [-0.39, 0.29) is 0 Å². The van der Waals surface area contributed by atoms with E-state index in [1.165, 1.54) is 5.56 Å². The number of nitrogens with one attached hydrogen (secondary N) is 1. The Kier molecular flexibility index (Phi) is 2.78. The van der Waals surface area contributed by atoms with E-state index in [9.17, 15) is 0 Å². The van der Waals surface area contributed by atoms with Gasteiger partial charge in [-0.1, -0.05) is 11.2 Å². The third-order valence-corrected chi connectivity index (χ3v) is 3.75. The molecule has 0 atom stereocenters. The van der Waals surface area contributed by atoms with Crippen LogP contribution < -0.4 is 0 Å². The Morgan fingerprint density at radius 2 is 2.11 bits per heavy atom. The number of benzene rings is 1. The Morgan fingerprint density at radius 1 is 1.32 bits per heavy atom. The minimum atomic E-state index is 0.684. The van der Waals surface area contributed by atoms with Crippen molar-refractivity contribution in [2.45, 2.75) is 27.3 Å². The molecule has 98 valence electrons. The molecule has 3 rings (SSSR count). The van der Waals surface area contributed by atoms with Gasteiger partial charge >= 0.3 is 0 Å². The fourth-order valence-electron chi connectivity index (χ4n) is 2.32. The van der Waals surface area contributed by atoms with Crippen molar-refractivity contribution in [2.24, 2.45) is 0 Å². The predicted octanol–water partition coefficient (Wildman–Crippen LogP) is 3.66. The monoisotopic (exact) mass is 273 g/mol. The summed E-state index contributed by atoms with van der Waals surface area (Å²) in [4.78, 5) is 3.25. The zero-order valence-electron chi connectivity index (χ0n) is 11.2. The van der Waals surface area contributed by atoms with Crippen LogP contribution in [0.2, 0.25) is 0 Å². The van der Waals surface area contributed by atoms with Gasteiger partial charge in [0.1, 0.15) is 5.76 Å². The van der Waals surface area contributed by atoms with E-state index in [1.807, 2.05) is 13.8 Å². The van der Waals surface area contributed by atoms with Crippen LogP contribution in [0.5, 0.6) is 0 Å². The lowest BCUT2D eigenvalue weighted by Gasteiger charge is -2.04. The first-order valence-electron chi connectivity index (χ1n) is 6.17. The van der Waals surface area contributed by atoms with E-state index in [4.69, 9.17) is 16.7 Å². The zero-order valence-corrected chi connectivity index (χ0v) is 12.0. The van der Waals surface area contributed by atoms with Crippen molar-refractivity contribution in [1.29, 1.82) is 0 Å². The number of rotatable bonds is 2. The minimum absolute atomic E-state index is 0.684. The number of fused-ring (bicyclic) bond motifs is 1. The van der Waals surface area contributed by atoms with Crippen molar-refractivity contribution >= 4 is 23.3 Å². The number of aryl methyl sites for hydroxylation is 3. The summed E-state index contributed by atoms with van der Waals surface area (Å²) in [5.41, 5.74) is 5.40. The number of aromatic amines is 1. The minimum Gasteiger partial charge on any atom is -0.361 e. The molecule has 0 radical (unpaired) electrons. The van der Waals surface area contributed by atoms with Gasteiger partial charge in [-0.3, -0.25) is 0 Å². The number of hydrogen-bond acceptors (Lipinski definition) is 3. The van der Waals surface area contributed by atoms with E-state index in [0.717, 1.165) is 32.8 Å². The van der Waals surface area contributed by atoms with Crippen LogP contribution >= 0.6 is 12.2 Å². The van der Waals surface area contributed by atoms with Gasteiger partial charge in [-0.05, 0) is 50.7 Å². The maximum atomic E-state index is 5.41. The summed E-state index contributed by atoms with van der Waals surface area (Å²) in [5, 5.41) is 3.99. The Balaban J connectivity index is 2.16. The number of hydrogen-bond donors (Lipinski definition) is 1. The average molecular weight is 273 g/mol. The molecule has 0 amide bonds. The molecule has 0 saturated heterocycles. The van der Waals surface area contributed by atoms with Gasteiger partial charge < -0.3 is 14.1 Å². The maximum absolute atomic E-state index is 5.41. The first-order valence-corrected chi connectivity index (χ1v) is 6.58. The van der Waals surface area contributed by atoms with Crippen LogP contribution in [0.25, 0.3) is 11.0 Å². The maximum Gasteiger partial charge on any atom is 0.178 e. The van der Waals surface area contributed by atoms with E-state index in [2.05, 4.69) is 39.8 Å². The lowest BCUT2D eigenvalue weighted by molar-refractivity contribution is 0.392. The molecule has 1 aromatic carbocycles. The molecule has 2 aromatic heterocycles. The highest BCUT2D eigenvalue weighted by molar-refractivity contribution is 7.71. The van der Waals surface area contributed by atoms with E-state index in [1.54, 1.807) is 0 Å². The molecule has 0 unspecified atom stereocenters. The van der Waals surface area contributed by atoms with Crippen molar-refractivity contribution in [2.75, 3.05) is 0 Å². The van der Waals surface area contributed by atoms with Crippen LogP contribution in [0.15, 0.2) is 22.7 Å². The topological polar surface area (TPSA) is 46.8 Å².